The molecule has 0 spiro atoms. The summed E-state index contributed by atoms with van der Waals surface area (Å²) in [6.45, 7) is 10.6. The summed E-state index contributed by atoms with van der Waals surface area (Å²) >= 11 is 0. The molecule has 0 radical (unpaired) electrons. The first-order valence-electron chi connectivity index (χ1n) is 5.17. The van der Waals surface area contributed by atoms with Gasteiger partial charge in [0, 0.05) is 17.8 Å². The van der Waals surface area contributed by atoms with E-state index in [9.17, 15) is 0 Å². The number of nitrogens with zero attached hydrogens (tertiary/aromatic N) is 2. The number of aromatic nitrogens is 2. The zero-order valence-electron chi connectivity index (χ0n) is 10.1. The number of rotatable bonds is 2. The summed E-state index contributed by atoms with van der Waals surface area (Å²) in [5.74, 6) is 1.11. The minimum atomic E-state index is 0.188. The van der Waals surface area contributed by atoms with Gasteiger partial charge in [-0.15, -0.1) is 0 Å². The predicted molar refractivity (Wildman–Crippen MR) is 63.7 cm³/mol. The molecule has 3 N–H and O–H groups in total. The number of anilines is 2. The maximum absolute atomic E-state index is 5.58. The van der Waals surface area contributed by atoms with E-state index < -0.39 is 0 Å². The molecule has 1 aromatic heterocycles. The lowest BCUT2D eigenvalue weighted by Gasteiger charge is -2.28. The van der Waals surface area contributed by atoms with E-state index in [-0.39, 0.29) is 5.41 Å². The minimum absolute atomic E-state index is 0.188. The maximum Gasteiger partial charge on any atom is 0.222 e. The first-order chi connectivity index (χ1) is 6.79. The molecule has 84 valence electrons. The molecule has 0 bridgehead atoms. The summed E-state index contributed by atoms with van der Waals surface area (Å²) in [7, 11) is 0. The van der Waals surface area contributed by atoms with Crippen LogP contribution in [-0.2, 0) is 0 Å². The molecule has 4 heteroatoms. The van der Waals surface area contributed by atoms with E-state index in [0.29, 0.717) is 12.0 Å². The van der Waals surface area contributed by atoms with E-state index in [0.717, 1.165) is 11.5 Å². The topological polar surface area (TPSA) is 63.8 Å². The van der Waals surface area contributed by atoms with Gasteiger partial charge in [-0.25, -0.2) is 4.98 Å². The molecule has 1 unspecified atom stereocenters. The third kappa shape index (κ3) is 3.38. The van der Waals surface area contributed by atoms with Gasteiger partial charge in [-0.2, -0.15) is 4.98 Å². The Labute approximate surface area is 91.3 Å². The highest BCUT2D eigenvalue weighted by Crippen LogP contribution is 2.22. The van der Waals surface area contributed by atoms with Crippen molar-refractivity contribution in [3.8, 4) is 0 Å². The summed E-state index contributed by atoms with van der Waals surface area (Å²) in [4.78, 5) is 8.17. The smallest absolute Gasteiger partial charge is 0.222 e. The van der Waals surface area contributed by atoms with Crippen LogP contribution in [0.4, 0.5) is 11.8 Å². The van der Waals surface area contributed by atoms with Crippen molar-refractivity contribution >= 4 is 11.8 Å². The first kappa shape index (κ1) is 11.8. The molecule has 1 heterocycles. The number of nitrogens with two attached hydrogens (primary N) is 1. The van der Waals surface area contributed by atoms with Crippen LogP contribution in [0.5, 0.6) is 0 Å². The van der Waals surface area contributed by atoms with E-state index in [1.54, 1.807) is 0 Å². The lowest BCUT2D eigenvalue weighted by atomic mass is 9.88. The number of hydrogen-bond acceptors (Lipinski definition) is 4. The van der Waals surface area contributed by atoms with Crippen LogP contribution in [0.1, 0.15) is 33.4 Å². The normalized spacial score (nSPS) is 13.7. The van der Waals surface area contributed by atoms with Gasteiger partial charge in [0.25, 0.3) is 0 Å². The number of nitrogen functional groups attached to an aromatic ring is 1. The van der Waals surface area contributed by atoms with Gasteiger partial charge in [-0.3, -0.25) is 0 Å². The molecule has 4 nitrogen and oxygen atoms in total. The fourth-order valence-electron chi connectivity index (χ4n) is 1.10. The van der Waals surface area contributed by atoms with Crippen molar-refractivity contribution in [2.75, 3.05) is 11.1 Å². The molecule has 0 fully saturated rings. The van der Waals surface area contributed by atoms with Crippen molar-refractivity contribution < 1.29 is 0 Å². The molecule has 0 aromatic carbocycles. The van der Waals surface area contributed by atoms with Crippen molar-refractivity contribution in [3.05, 3.63) is 11.8 Å². The van der Waals surface area contributed by atoms with Crippen LogP contribution in [0.2, 0.25) is 0 Å². The van der Waals surface area contributed by atoms with Crippen LogP contribution in [0.3, 0.4) is 0 Å². The van der Waals surface area contributed by atoms with Gasteiger partial charge in [-0.1, -0.05) is 20.8 Å². The van der Waals surface area contributed by atoms with Gasteiger partial charge in [0.05, 0.1) is 0 Å². The summed E-state index contributed by atoms with van der Waals surface area (Å²) in [6, 6.07) is 2.23. The second-order valence-electron chi connectivity index (χ2n) is 4.98. The van der Waals surface area contributed by atoms with E-state index in [1.165, 1.54) is 0 Å². The van der Waals surface area contributed by atoms with E-state index in [4.69, 9.17) is 5.73 Å². The van der Waals surface area contributed by atoms with Gasteiger partial charge in [0.15, 0.2) is 0 Å². The lowest BCUT2D eigenvalue weighted by molar-refractivity contribution is 0.358. The van der Waals surface area contributed by atoms with Crippen LogP contribution in [-0.4, -0.2) is 16.0 Å². The molecular formula is C11H20N4. The summed E-state index contributed by atoms with van der Waals surface area (Å²) in [5.41, 5.74) is 6.65. The van der Waals surface area contributed by atoms with E-state index in [1.807, 2.05) is 13.0 Å². The molecule has 0 saturated carbocycles. The largest absolute Gasteiger partial charge is 0.368 e. The molecule has 1 aromatic rings. The molecule has 0 aliphatic heterocycles. The minimum Gasteiger partial charge on any atom is -0.368 e. The van der Waals surface area contributed by atoms with Crippen LogP contribution >= 0.6 is 0 Å². The van der Waals surface area contributed by atoms with Crippen LogP contribution in [0, 0.1) is 12.3 Å². The number of hydrogen-bond donors (Lipinski definition) is 2. The second-order valence-corrected chi connectivity index (χ2v) is 4.98. The zero-order valence-corrected chi connectivity index (χ0v) is 10.1. The first-order valence-corrected chi connectivity index (χ1v) is 5.17. The highest BCUT2D eigenvalue weighted by atomic mass is 15.1. The van der Waals surface area contributed by atoms with E-state index >= 15 is 0 Å². The van der Waals surface area contributed by atoms with Crippen molar-refractivity contribution in [2.45, 2.75) is 40.7 Å². The third-order valence-corrected chi connectivity index (χ3v) is 2.53. The maximum atomic E-state index is 5.58. The van der Waals surface area contributed by atoms with Gasteiger partial charge < -0.3 is 11.1 Å². The second kappa shape index (κ2) is 4.04. The molecule has 0 saturated heterocycles. The molecule has 15 heavy (non-hydrogen) atoms. The fourth-order valence-corrected chi connectivity index (χ4v) is 1.10. The van der Waals surface area contributed by atoms with Crippen molar-refractivity contribution in [2.24, 2.45) is 5.41 Å². The Morgan fingerprint density at radius 1 is 1.33 bits per heavy atom. The fraction of sp³-hybridized carbons (Fsp3) is 0.636. The summed E-state index contributed by atoms with van der Waals surface area (Å²) in [5, 5.41) is 3.33. The van der Waals surface area contributed by atoms with Crippen molar-refractivity contribution in [1.82, 2.24) is 9.97 Å². The lowest BCUT2D eigenvalue weighted by Crippen LogP contribution is -2.31. The Kier molecular flexibility index (Phi) is 3.17. The molecular weight excluding hydrogens is 188 g/mol. The molecule has 1 rings (SSSR count). The predicted octanol–water partition coefficient (Wildman–Crippen LogP) is 2.21. The third-order valence-electron chi connectivity index (χ3n) is 2.53. The number of aryl methyl sites for hydroxylation is 1. The van der Waals surface area contributed by atoms with Crippen LogP contribution in [0.25, 0.3) is 0 Å². The SMILES string of the molecule is Cc1cc(NC(C)C(C)(C)C)nc(N)n1. The van der Waals surface area contributed by atoms with Gasteiger partial charge in [0.1, 0.15) is 5.82 Å². The standard InChI is InChI=1S/C11H20N4/c1-7-6-9(15-10(12)13-7)14-8(2)11(3,4)5/h6,8H,1-5H3,(H3,12,13,14,15). The van der Waals surface area contributed by atoms with Crippen molar-refractivity contribution in [1.29, 1.82) is 0 Å². The van der Waals surface area contributed by atoms with Crippen LogP contribution < -0.4 is 11.1 Å². The summed E-state index contributed by atoms with van der Waals surface area (Å²) in [6.07, 6.45) is 0. The van der Waals surface area contributed by atoms with Gasteiger partial charge in [0.2, 0.25) is 5.95 Å². The zero-order chi connectivity index (χ0) is 11.6. The van der Waals surface area contributed by atoms with Crippen molar-refractivity contribution in [3.63, 3.8) is 0 Å². The Morgan fingerprint density at radius 2 is 1.93 bits per heavy atom. The average molecular weight is 208 g/mol. The monoisotopic (exact) mass is 208 g/mol. The molecule has 0 aliphatic rings. The summed E-state index contributed by atoms with van der Waals surface area (Å²) < 4.78 is 0. The highest BCUT2D eigenvalue weighted by Gasteiger charge is 2.20. The molecule has 0 amide bonds. The Balaban J connectivity index is 2.81. The average Bonchev–Trinajstić information content (AvgIpc) is 1.99. The van der Waals surface area contributed by atoms with E-state index in [2.05, 4.69) is 43.0 Å². The highest BCUT2D eigenvalue weighted by molar-refractivity contribution is 5.41. The quantitative estimate of drug-likeness (QED) is 0.782. The van der Waals surface area contributed by atoms with Gasteiger partial charge in [-0.05, 0) is 19.3 Å². The Bertz CT molecular complexity index is 321. The molecule has 1 atom stereocenters. The Morgan fingerprint density at radius 3 is 2.40 bits per heavy atom. The molecule has 0 aliphatic carbocycles. The number of nitrogens with one attached hydrogen (secondary N) is 1. The van der Waals surface area contributed by atoms with Gasteiger partial charge >= 0.3 is 0 Å². The van der Waals surface area contributed by atoms with Crippen LogP contribution in [0.15, 0.2) is 6.07 Å². The Hall–Kier alpha value is -1.32.